The summed E-state index contributed by atoms with van der Waals surface area (Å²) in [6, 6.07) is 7.92. The smallest absolute Gasteiger partial charge is 0.260 e. The first kappa shape index (κ1) is 15.5. The number of aromatic nitrogens is 4. The number of tetrazole rings is 1. The van der Waals surface area contributed by atoms with Crippen LogP contribution in [0.2, 0.25) is 0 Å². The van der Waals surface area contributed by atoms with Gasteiger partial charge in [0.05, 0.1) is 5.69 Å². The number of carbonyl (C=O) groups excluding carboxylic acids is 1. The summed E-state index contributed by atoms with van der Waals surface area (Å²) in [5, 5.41) is 11.1. The number of carbonyl (C=O) groups is 1. The fourth-order valence-electron chi connectivity index (χ4n) is 3.13. The van der Waals surface area contributed by atoms with Gasteiger partial charge < -0.3 is 9.64 Å². The van der Waals surface area contributed by atoms with Crippen molar-refractivity contribution in [3.05, 3.63) is 30.6 Å². The van der Waals surface area contributed by atoms with E-state index >= 15 is 0 Å². The highest BCUT2D eigenvalue weighted by Gasteiger charge is 2.28. The molecule has 0 N–H and O–H groups in total. The lowest BCUT2D eigenvalue weighted by atomic mass is 9.97. The summed E-state index contributed by atoms with van der Waals surface area (Å²) in [4.78, 5) is 14.4. The Hall–Kier alpha value is -2.44. The maximum Gasteiger partial charge on any atom is 0.260 e. The summed E-state index contributed by atoms with van der Waals surface area (Å²) < 4.78 is 7.23. The fraction of sp³-hybridized carbons (Fsp3) is 0.500. The van der Waals surface area contributed by atoms with Crippen molar-refractivity contribution in [1.82, 2.24) is 25.1 Å². The molecule has 1 fully saturated rings. The molecule has 1 aromatic carbocycles. The van der Waals surface area contributed by atoms with E-state index in [4.69, 9.17) is 4.74 Å². The molecule has 2 atom stereocenters. The van der Waals surface area contributed by atoms with Crippen LogP contribution in [-0.2, 0) is 4.79 Å². The van der Waals surface area contributed by atoms with Gasteiger partial charge in [-0.15, -0.1) is 5.10 Å². The van der Waals surface area contributed by atoms with E-state index in [9.17, 15) is 4.79 Å². The van der Waals surface area contributed by atoms with E-state index in [-0.39, 0.29) is 24.6 Å². The highest BCUT2D eigenvalue weighted by Crippen LogP contribution is 2.23. The van der Waals surface area contributed by atoms with Crippen LogP contribution in [0, 0.1) is 0 Å². The summed E-state index contributed by atoms with van der Waals surface area (Å²) in [5.41, 5.74) is 0.791. The summed E-state index contributed by atoms with van der Waals surface area (Å²) in [6.45, 7) is 4.26. The third kappa shape index (κ3) is 3.49. The first-order valence-corrected chi connectivity index (χ1v) is 7.92. The molecule has 0 radical (unpaired) electrons. The van der Waals surface area contributed by atoms with Crippen molar-refractivity contribution in [2.75, 3.05) is 6.61 Å². The summed E-state index contributed by atoms with van der Waals surface area (Å²) in [5.74, 6) is 0.668. The number of benzene rings is 1. The van der Waals surface area contributed by atoms with E-state index in [2.05, 4.69) is 29.4 Å². The molecule has 0 aliphatic carbocycles. The van der Waals surface area contributed by atoms with Gasteiger partial charge in [0.2, 0.25) is 0 Å². The van der Waals surface area contributed by atoms with E-state index in [0.717, 1.165) is 18.5 Å². The number of ether oxygens (including phenoxy) is 1. The third-order valence-electron chi connectivity index (χ3n) is 4.28. The predicted octanol–water partition coefficient (Wildman–Crippen LogP) is 1.83. The van der Waals surface area contributed by atoms with E-state index in [1.807, 2.05) is 29.2 Å². The van der Waals surface area contributed by atoms with Crippen LogP contribution in [-0.4, -0.2) is 49.7 Å². The topological polar surface area (TPSA) is 73.1 Å². The molecular weight excluding hydrogens is 294 g/mol. The molecular formula is C16H21N5O2. The van der Waals surface area contributed by atoms with E-state index in [1.54, 1.807) is 4.68 Å². The predicted molar refractivity (Wildman–Crippen MR) is 84.3 cm³/mol. The van der Waals surface area contributed by atoms with Crippen molar-refractivity contribution < 1.29 is 9.53 Å². The summed E-state index contributed by atoms with van der Waals surface area (Å²) >= 11 is 0. The Labute approximate surface area is 135 Å². The highest BCUT2D eigenvalue weighted by atomic mass is 16.5. The number of hydrogen-bond acceptors (Lipinski definition) is 5. The van der Waals surface area contributed by atoms with Gasteiger partial charge in [-0.2, -0.15) is 0 Å². The van der Waals surface area contributed by atoms with Gasteiger partial charge in [0.25, 0.3) is 5.91 Å². The first-order valence-electron chi connectivity index (χ1n) is 7.92. The van der Waals surface area contributed by atoms with Crippen molar-refractivity contribution in [1.29, 1.82) is 0 Å². The molecule has 2 aromatic rings. The molecule has 0 saturated carbocycles. The Morgan fingerprint density at radius 2 is 2.09 bits per heavy atom. The van der Waals surface area contributed by atoms with Gasteiger partial charge >= 0.3 is 0 Å². The molecule has 2 heterocycles. The molecule has 1 aliphatic rings. The van der Waals surface area contributed by atoms with Gasteiger partial charge in [-0.05, 0) is 55.7 Å². The average molecular weight is 315 g/mol. The van der Waals surface area contributed by atoms with Crippen LogP contribution < -0.4 is 4.74 Å². The Kier molecular flexibility index (Phi) is 4.55. The number of amides is 1. The maximum atomic E-state index is 12.5. The van der Waals surface area contributed by atoms with Crippen LogP contribution >= 0.6 is 0 Å². The average Bonchev–Trinajstić information content (AvgIpc) is 3.07. The molecule has 0 spiro atoms. The van der Waals surface area contributed by atoms with Crippen molar-refractivity contribution in [3.8, 4) is 11.4 Å². The first-order chi connectivity index (χ1) is 11.1. The monoisotopic (exact) mass is 315 g/mol. The molecule has 0 bridgehead atoms. The summed E-state index contributed by atoms with van der Waals surface area (Å²) in [6.07, 6.45) is 4.82. The van der Waals surface area contributed by atoms with Gasteiger partial charge in [0.1, 0.15) is 12.1 Å². The molecule has 1 amide bonds. The highest BCUT2D eigenvalue weighted by molar-refractivity contribution is 5.78. The van der Waals surface area contributed by atoms with Crippen LogP contribution in [0.25, 0.3) is 5.69 Å². The number of rotatable bonds is 4. The molecule has 1 aromatic heterocycles. The number of hydrogen-bond donors (Lipinski definition) is 0. The van der Waals surface area contributed by atoms with E-state index < -0.39 is 0 Å². The van der Waals surface area contributed by atoms with Crippen molar-refractivity contribution in [3.63, 3.8) is 0 Å². The Bertz CT molecular complexity index is 648. The van der Waals surface area contributed by atoms with Crippen LogP contribution in [0.3, 0.4) is 0 Å². The second-order valence-electron chi connectivity index (χ2n) is 5.97. The Morgan fingerprint density at radius 1 is 1.30 bits per heavy atom. The van der Waals surface area contributed by atoms with Crippen LogP contribution in [0.1, 0.15) is 33.1 Å². The minimum absolute atomic E-state index is 0.0394. The molecule has 122 valence electrons. The second-order valence-corrected chi connectivity index (χ2v) is 5.97. The largest absolute Gasteiger partial charge is 0.484 e. The van der Waals surface area contributed by atoms with Crippen molar-refractivity contribution in [2.24, 2.45) is 0 Å². The maximum absolute atomic E-state index is 12.5. The normalized spacial score (nSPS) is 21.2. The van der Waals surface area contributed by atoms with Crippen molar-refractivity contribution in [2.45, 2.75) is 45.2 Å². The number of piperidine rings is 1. The Balaban J connectivity index is 1.64. The minimum atomic E-state index is 0.0394. The third-order valence-corrected chi connectivity index (χ3v) is 4.28. The van der Waals surface area contributed by atoms with Gasteiger partial charge in [-0.1, -0.05) is 6.07 Å². The van der Waals surface area contributed by atoms with E-state index in [0.29, 0.717) is 5.75 Å². The molecule has 7 heteroatoms. The van der Waals surface area contributed by atoms with Gasteiger partial charge in [0, 0.05) is 18.2 Å². The van der Waals surface area contributed by atoms with Gasteiger partial charge in [-0.3, -0.25) is 4.79 Å². The molecule has 1 aliphatic heterocycles. The minimum Gasteiger partial charge on any atom is -0.484 e. The van der Waals surface area contributed by atoms with Gasteiger partial charge in [0.15, 0.2) is 6.61 Å². The fourth-order valence-corrected chi connectivity index (χ4v) is 3.13. The zero-order valence-corrected chi connectivity index (χ0v) is 13.4. The van der Waals surface area contributed by atoms with E-state index in [1.165, 1.54) is 12.7 Å². The van der Waals surface area contributed by atoms with Crippen LogP contribution in [0.5, 0.6) is 5.75 Å². The van der Waals surface area contributed by atoms with Crippen molar-refractivity contribution >= 4 is 5.91 Å². The lowest BCUT2D eigenvalue weighted by molar-refractivity contribution is -0.139. The SMILES string of the molecule is C[C@@H]1CCC[C@H](C)N1C(=O)COc1cccc(-n2cnnn2)c1. The lowest BCUT2D eigenvalue weighted by Crippen LogP contribution is -2.49. The molecule has 1 saturated heterocycles. The Morgan fingerprint density at radius 3 is 2.78 bits per heavy atom. The standard InChI is InChI=1S/C16H21N5O2/c1-12-5-3-6-13(2)21(12)16(22)10-23-15-8-4-7-14(9-15)20-11-17-18-19-20/h4,7-9,11-13H,3,5-6,10H2,1-2H3/t12-,13+. The zero-order valence-electron chi connectivity index (χ0n) is 13.4. The summed E-state index contributed by atoms with van der Waals surface area (Å²) in [7, 11) is 0. The molecule has 7 nitrogen and oxygen atoms in total. The number of likely N-dealkylation sites (tertiary alicyclic amines) is 1. The number of nitrogens with zero attached hydrogens (tertiary/aromatic N) is 5. The molecule has 3 rings (SSSR count). The lowest BCUT2D eigenvalue weighted by Gasteiger charge is -2.38. The van der Waals surface area contributed by atoms with Gasteiger partial charge in [-0.25, -0.2) is 4.68 Å². The quantitative estimate of drug-likeness (QED) is 0.860. The molecule has 23 heavy (non-hydrogen) atoms. The van der Waals surface area contributed by atoms with Crippen LogP contribution in [0.4, 0.5) is 0 Å². The second kappa shape index (κ2) is 6.76. The molecule has 0 unspecified atom stereocenters. The van der Waals surface area contributed by atoms with Crippen LogP contribution in [0.15, 0.2) is 30.6 Å². The zero-order chi connectivity index (χ0) is 16.2.